The molecule has 5 nitrogen and oxygen atoms in total. The zero-order valence-corrected chi connectivity index (χ0v) is 11.7. The van der Waals surface area contributed by atoms with Gasteiger partial charge in [0.05, 0.1) is 6.04 Å². The highest BCUT2D eigenvalue weighted by atomic mass is 15.5. The molecule has 1 aromatic carbocycles. The van der Waals surface area contributed by atoms with E-state index >= 15 is 0 Å². The van der Waals surface area contributed by atoms with E-state index in [1.807, 2.05) is 6.92 Å². The Morgan fingerprint density at radius 3 is 2.37 bits per heavy atom. The summed E-state index contributed by atoms with van der Waals surface area (Å²) in [4.78, 5) is 0. The van der Waals surface area contributed by atoms with Gasteiger partial charge in [0, 0.05) is 6.54 Å². The SMILES string of the molecule is CC(C)Cc1ccc(CNC(C)c2nn[nH]n2)cc1. The minimum absolute atomic E-state index is 0.0918. The Kier molecular flexibility index (Phi) is 4.63. The summed E-state index contributed by atoms with van der Waals surface area (Å²) < 4.78 is 0. The van der Waals surface area contributed by atoms with Crippen LogP contribution in [0.5, 0.6) is 0 Å². The Labute approximate surface area is 113 Å². The van der Waals surface area contributed by atoms with Crippen LogP contribution in [-0.4, -0.2) is 20.6 Å². The van der Waals surface area contributed by atoms with E-state index in [2.05, 4.69) is 64.1 Å². The molecule has 0 aliphatic carbocycles. The van der Waals surface area contributed by atoms with Crippen molar-refractivity contribution in [3.63, 3.8) is 0 Å². The van der Waals surface area contributed by atoms with Gasteiger partial charge in [0.25, 0.3) is 0 Å². The first kappa shape index (κ1) is 13.7. The third kappa shape index (κ3) is 4.13. The number of nitrogens with one attached hydrogen (secondary N) is 2. The molecule has 0 amide bonds. The van der Waals surface area contributed by atoms with Crippen molar-refractivity contribution >= 4 is 0 Å². The molecule has 102 valence electrons. The van der Waals surface area contributed by atoms with Crippen LogP contribution < -0.4 is 5.32 Å². The molecule has 2 aromatic rings. The number of hydrogen-bond acceptors (Lipinski definition) is 4. The summed E-state index contributed by atoms with van der Waals surface area (Å²) >= 11 is 0. The number of nitrogens with zero attached hydrogens (tertiary/aromatic N) is 3. The Morgan fingerprint density at radius 1 is 1.11 bits per heavy atom. The molecule has 1 unspecified atom stereocenters. The van der Waals surface area contributed by atoms with Gasteiger partial charge in [0.15, 0.2) is 5.82 Å². The van der Waals surface area contributed by atoms with Gasteiger partial charge in [-0.2, -0.15) is 5.21 Å². The van der Waals surface area contributed by atoms with E-state index in [-0.39, 0.29) is 6.04 Å². The summed E-state index contributed by atoms with van der Waals surface area (Å²) in [5.41, 5.74) is 2.66. The molecule has 5 heteroatoms. The van der Waals surface area contributed by atoms with Gasteiger partial charge in [-0.15, -0.1) is 10.2 Å². The fraction of sp³-hybridized carbons (Fsp3) is 0.500. The number of aromatic amines is 1. The summed E-state index contributed by atoms with van der Waals surface area (Å²) in [5, 5.41) is 17.3. The first-order valence-corrected chi connectivity index (χ1v) is 6.69. The maximum absolute atomic E-state index is 3.97. The first-order valence-electron chi connectivity index (χ1n) is 6.69. The Hall–Kier alpha value is -1.75. The summed E-state index contributed by atoms with van der Waals surface area (Å²) in [6.45, 7) is 7.31. The number of H-pyrrole nitrogens is 1. The minimum Gasteiger partial charge on any atom is -0.303 e. The van der Waals surface area contributed by atoms with Crippen LogP contribution in [0.1, 0.15) is 43.8 Å². The quantitative estimate of drug-likeness (QED) is 0.835. The molecule has 1 atom stereocenters. The highest BCUT2D eigenvalue weighted by Gasteiger charge is 2.09. The number of hydrogen-bond donors (Lipinski definition) is 2. The lowest BCUT2D eigenvalue weighted by Crippen LogP contribution is -2.19. The van der Waals surface area contributed by atoms with Gasteiger partial charge >= 0.3 is 0 Å². The van der Waals surface area contributed by atoms with Crippen molar-refractivity contribution in [2.75, 3.05) is 0 Å². The topological polar surface area (TPSA) is 66.5 Å². The number of tetrazole rings is 1. The van der Waals surface area contributed by atoms with Crippen LogP contribution in [0, 0.1) is 5.92 Å². The molecule has 1 heterocycles. The summed E-state index contributed by atoms with van der Waals surface area (Å²) in [7, 11) is 0. The highest BCUT2D eigenvalue weighted by molar-refractivity contribution is 5.22. The van der Waals surface area contributed by atoms with Crippen LogP contribution in [0.15, 0.2) is 24.3 Å². The fourth-order valence-electron chi connectivity index (χ4n) is 1.98. The van der Waals surface area contributed by atoms with E-state index in [0.29, 0.717) is 11.7 Å². The van der Waals surface area contributed by atoms with E-state index in [4.69, 9.17) is 0 Å². The van der Waals surface area contributed by atoms with Gasteiger partial charge in [-0.1, -0.05) is 43.3 Å². The van der Waals surface area contributed by atoms with Crippen molar-refractivity contribution in [1.29, 1.82) is 0 Å². The summed E-state index contributed by atoms with van der Waals surface area (Å²) in [5.74, 6) is 1.39. The van der Waals surface area contributed by atoms with Gasteiger partial charge in [0.1, 0.15) is 0 Å². The summed E-state index contributed by atoms with van der Waals surface area (Å²) in [6, 6.07) is 8.85. The molecule has 19 heavy (non-hydrogen) atoms. The van der Waals surface area contributed by atoms with E-state index in [9.17, 15) is 0 Å². The number of benzene rings is 1. The fourth-order valence-corrected chi connectivity index (χ4v) is 1.98. The Bertz CT molecular complexity index is 475. The van der Waals surface area contributed by atoms with Crippen LogP contribution in [-0.2, 0) is 13.0 Å². The van der Waals surface area contributed by atoms with Crippen molar-refractivity contribution < 1.29 is 0 Å². The van der Waals surface area contributed by atoms with Crippen LogP contribution in [0.25, 0.3) is 0 Å². The smallest absolute Gasteiger partial charge is 0.191 e. The third-order valence-electron chi connectivity index (χ3n) is 3.03. The van der Waals surface area contributed by atoms with E-state index < -0.39 is 0 Å². The van der Waals surface area contributed by atoms with Gasteiger partial charge in [-0.25, -0.2) is 0 Å². The van der Waals surface area contributed by atoms with Gasteiger partial charge in [-0.05, 0) is 30.4 Å². The largest absolute Gasteiger partial charge is 0.303 e. The maximum atomic E-state index is 3.97. The van der Waals surface area contributed by atoms with E-state index in [0.717, 1.165) is 13.0 Å². The maximum Gasteiger partial charge on any atom is 0.191 e. The lowest BCUT2D eigenvalue weighted by atomic mass is 10.0. The minimum atomic E-state index is 0.0918. The average molecular weight is 259 g/mol. The zero-order valence-electron chi connectivity index (χ0n) is 11.7. The van der Waals surface area contributed by atoms with E-state index in [1.165, 1.54) is 11.1 Å². The molecule has 0 aliphatic rings. The average Bonchev–Trinajstić information content (AvgIpc) is 2.91. The Balaban J connectivity index is 1.86. The molecule has 0 saturated carbocycles. The second-order valence-corrected chi connectivity index (χ2v) is 5.29. The van der Waals surface area contributed by atoms with Crippen LogP contribution in [0.2, 0.25) is 0 Å². The van der Waals surface area contributed by atoms with Crippen molar-refractivity contribution in [3.05, 3.63) is 41.2 Å². The second-order valence-electron chi connectivity index (χ2n) is 5.29. The first-order chi connectivity index (χ1) is 9.15. The second kappa shape index (κ2) is 6.43. The van der Waals surface area contributed by atoms with Gasteiger partial charge in [-0.3, -0.25) is 0 Å². The molecule has 0 bridgehead atoms. The third-order valence-corrected chi connectivity index (χ3v) is 3.03. The highest BCUT2D eigenvalue weighted by Crippen LogP contribution is 2.11. The molecule has 0 spiro atoms. The monoisotopic (exact) mass is 259 g/mol. The van der Waals surface area contributed by atoms with Crippen molar-refractivity contribution in [2.45, 2.75) is 39.8 Å². The van der Waals surface area contributed by atoms with Crippen molar-refractivity contribution in [2.24, 2.45) is 5.92 Å². The molecular weight excluding hydrogens is 238 g/mol. The molecule has 0 radical (unpaired) electrons. The molecule has 0 saturated heterocycles. The van der Waals surface area contributed by atoms with E-state index in [1.54, 1.807) is 0 Å². The number of rotatable bonds is 6. The van der Waals surface area contributed by atoms with Crippen LogP contribution >= 0.6 is 0 Å². The normalized spacial score (nSPS) is 12.8. The molecule has 1 aromatic heterocycles. The molecule has 0 fully saturated rings. The predicted molar refractivity (Wildman–Crippen MR) is 74.4 cm³/mol. The van der Waals surface area contributed by atoms with Crippen molar-refractivity contribution in [3.8, 4) is 0 Å². The Morgan fingerprint density at radius 2 is 1.79 bits per heavy atom. The molecule has 0 aliphatic heterocycles. The lowest BCUT2D eigenvalue weighted by molar-refractivity contribution is 0.546. The zero-order chi connectivity index (χ0) is 13.7. The molecule has 2 rings (SSSR count). The molecule has 2 N–H and O–H groups in total. The van der Waals surface area contributed by atoms with Gasteiger partial charge < -0.3 is 5.32 Å². The molecular formula is C14H21N5. The standard InChI is InChI=1S/C14H21N5/c1-10(2)8-12-4-6-13(7-5-12)9-15-11(3)14-16-18-19-17-14/h4-7,10-11,15H,8-9H2,1-3H3,(H,16,17,18,19). The van der Waals surface area contributed by atoms with Crippen LogP contribution in [0.4, 0.5) is 0 Å². The van der Waals surface area contributed by atoms with Crippen LogP contribution in [0.3, 0.4) is 0 Å². The summed E-state index contributed by atoms with van der Waals surface area (Å²) in [6.07, 6.45) is 1.13. The predicted octanol–water partition coefficient (Wildman–Crippen LogP) is 2.25. The van der Waals surface area contributed by atoms with Gasteiger partial charge in [0.2, 0.25) is 0 Å². The lowest BCUT2D eigenvalue weighted by Gasteiger charge is -2.10. The van der Waals surface area contributed by atoms with Crippen molar-refractivity contribution in [1.82, 2.24) is 25.9 Å². The number of aromatic nitrogens is 4.